The van der Waals surface area contributed by atoms with Crippen molar-refractivity contribution in [1.82, 2.24) is 19.7 Å². The van der Waals surface area contributed by atoms with Gasteiger partial charge in [0.05, 0.1) is 11.3 Å². The van der Waals surface area contributed by atoms with Gasteiger partial charge in [-0.05, 0) is 60.4 Å². The van der Waals surface area contributed by atoms with Gasteiger partial charge < -0.3 is 10.2 Å². The number of aryl methyl sites for hydroxylation is 2. The summed E-state index contributed by atoms with van der Waals surface area (Å²) in [6, 6.07) is 19.3. The van der Waals surface area contributed by atoms with E-state index in [1.807, 2.05) is 48.0 Å². The van der Waals surface area contributed by atoms with Gasteiger partial charge in [0.25, 0.3) is 11.8 Å². The minimum Gasteiger partial charge on any atom is -0.337 e. The molecular weight excluding hydrogens is 488 g/mol. The Hall–Kier alpha value is -4.59. The molecule has 0 unspecified atom stereocenters. The van der Waals surface area contributed by atoms with E-state index in [9.17, 15) is 9.59 Å². The number of amides is 2. The summed E-state index contributed by atoms with van der Waals surface area (Å²) in [5.74, 6) is 0.559. The van der Waals surface area contributed by atoms with Crippen LogP contribution in [-0.4, -0.2) is 50.8 Å². The Balaban J connectivity index is 1.20. The zero-order valence-corrected chi connectivity index (χ0v) is 22.5. The molecular formula is C31H32N6O2. The molecule has 2 aromatic carbocycles. The monoisotopic (exact) mass is 520 g/mol. The number of pyridine rings is 1. The van der Waals surface area contributed by atoms with Gasteiger partial charge in [0.1, 0.15) is 0 Å². The number of benzene rings is 2. The largest absolute Gasteiger partial charge is 0.337 e. The summed E-state index contributed by atoms with van der Waals surface area (Å²) in [6.45, 7) is 5.32. The van der Waals surface area contributed by atoms with Gasteiger partial charge in [-0.2, -0.15) is 5.10 Å². The summed E-state index contributed by atoms with van der Waals surface area (Å²) in [6.07, 6.45) is 7.04. The minimum absolute atomic E-state index is 0.0378. The highest BCUT2D eigenvalue weighted by atomic mass is 16.2. The van der Waals surface area contributed by atoms with Crippen LogP contribution >= 0.6 is 0 Å². The molecule has 2 aromatic heterocycles. The van der Waals surface area contributed by atoms with Crippen LogP contribution < -0.4 is 5.32 Å². The molecule has 2 amide bonds. The molecule has 1 saturated heterocycles. The molecule has 39 heavy (non-hydrogen) atoms. The topological polar surface area (TPSA) is 92.5 Å². The Bertz CT molecular complexity index is 1500. The van der Waals surface area contributed by atoms with Gasteiger partial charge in [-0.1, -0.05) is 43.7 Å². The number of likely N-dealkylation sites (tertiary alicyclic amines) is 1. The van der Waals surface area contributed by atoms with Crippen LogP contribution in [0, 0.1) is 6.92 Å². The van der Waals surface area contributed by atoms with Crippen LogP contribution in [-0.2, 0) is 7.05 Å². The molecule has 0 atom stereocenters. The fourth-order valence-corrected chi connectivity index (χ4v) is 4.59. The first-order valence-corrected chi connectivity index (χ1v) is 13.2. The fourth-order valence-electron chi connectivity index (χ4n) is 4.59. The van der Waals surface area contributed by atoms with E-state index >= 15 is 0 Å². The lowest BCUT2D eigenvalue weighted by Crippen LogP contribution is -2.48. The van der Waals surface area contributed by atoms with E-state index in [4.69, 9.17) is 0 Å². The van der Waals surface area contributed by atoms with Crippen LogP contribution in [0.1, 0.15) is 57.5 Å². The average molecular weight is 521 g/mol. The van der Waals surface area contributed by atoms with Gasteiger partial charge in [-0.3, -0.25) is 14.3 Å². The molecule has 0 saturated carbocycles. The van der Waals surface area contributed by atoms with Crippen molar-refractivity contribution in [3.63, 3.8) is 0 Å². The molecule has 198 valence electrons. The lowest BCUT2D eigenvalue weighted by molar-refractivity contribution is 0.0602. The van der Waals surface area contributed by atoms with Crippen LogP contribution in [0.4, 0.5) is 11.5 Å². The van der Waals surface area contributed by atoms with Crippen molar-refractivity contribution >= 4 is 29.5 Å². The van der Waals surface area contributed by atoms with E-state index in [-0.39, 0.29) is 11.8 Å². The first-order chi connectivity index (χ1) is 18.9. The normalized spacial score (nSPS) is 13.5. The van der Waals surface area contributed by atoms with Crippen molar-refractivity contribution in [2.24, 2.45) is 12.0 Å². The van der Waals surface area contributed by atoms with Gasteiger partial charge in [-0.15, -0.1) is 0 Å². The molecule has 0 spiro atoms. The first-order valence-electron chi connectivity index (χ1n) is 13.2. The Labute approximate surface area is 228 Å². The highest BCUT2D eigenvalue weighted by molar-refractivity contribution is 6.05. The molecule has 0 bridgehead atoms. The van der Waals surface area contributed by atoms with Gasteiger partial charge >= 0.3 is 0 Å². The Morgan fingerprint density at radius 3 is 2.49 bits per heavy atom. The second-order valence-corrected chi connectivity index (χ2v) is 9.86. The lowest BCUT2D eigenvalue weighted by Gasteiger charge is -2.39. The van der Waals surface area contributed by atoms with Gasteiger partial charge in [0.2, 0.25) is 0 Å². The first kappa shape index (κ1) is 26.0. The quantitative estimate of drug-likeness (QED) is 0.298. The number of hydrogen-bond donors (Lipinski definition) is 1. The smallest absolute Gasteiger partial charge is 0.257 e. The third-order valence-corrected chi connectivity index (χ3v) is 7.05. The third kappa shape index (κ3) is 5.80. The fraction of sp³-hybridized carbons (Fsp3) is 0.258. The van der Waals surface area contributed by atoms with Gasteiger partial charge in [0, 0.05) is 55.9 Å². The highest BCUT2D eigenvalue weighted by Gasteiger charge is 2.32. The van der Waals surface area contributed by atoms with Gasteiger partial charge in [0.15, 0.2) is 5.82 Å². The molecule has 1 aliphatic heterocycles. The van der Waals surface area contributed by atoms with Crippen molar-refractivity contribution < 1.29 is 9.59 Å². The van der Waals surface area contributed by atoms with Crippen molar-refractivity contribution in [3.8, 4) is 11.3 Å². The zero-order chi connectivity index (χ0) is 27.4. The Kier molecular flexibility index (Phi) is 7.63. The predicted molar refractivity (Wildman–Crippen MR) is 154 cm³/mol. The number of nitrogens with zero attached hydrogens (tertiary/aromatic N) is 5. The molecule has 8 heteroatoms. The lowest BCUT2D eigenvalue weighted by atomic mass is 9.90. The van der Waals surface area contributed by atoms with Crippen molar-refractivity contribution in [2.75, 3.05) is 18.4 Å². The minimum atomic E-state index is -0.280. The Morgan fingerprint density at radius 2 is 1.82 bits per heavy atom. The number of anilines is 1. The van der Waals surface area contributed by atoms with Crippen molar-refractivity contribution in [1.29, 1.82) is 0 Å². The van der Waals surface area contributed by atoms with E-state index in [1.54, 1.807) is 24.4 Å². The molecule has 0 radical (unpaired) electrons. The van der Waals surface area contributed by atoms with Crippen LogP contribution in [0.5, 0.6) is 0 Å². The molecule has 5 rings (SSSR count). The summed E-state index contributed by atoms with van der Waals surface area (Å²) < 4.78 is 1.86. The van der Waals surface area contributed by atoms with E-state index in [0.29, 0.717) is 41.6 Å². The number of nitrogens with one attached hydrogen (secondary N) is 1. The summed E-state index contributed by atoms with van der Waals surface area (Å²) in [7, 11) is 1.93. The maximum atomic E-state index is 13.2. The Morgan fingerprint density at radius 1 is 1.05 bits per heavy atom. The number of carbonyl (C=O) groups excluding carboxylic acids is 2. The molecule has 3 heterocycles. The number of hydrogen-bond acceptors (Lipinski definition) is 5. The standard InChI is InChI=1S/C31H32N6O2/c1-4-5-15-32-29-13-12-25(18-33-29)30(38)35-27-17-24(7-6-21(27)2)31(39)37-19-26(20-37)22-8-10-23(11-9-22)28-14-16-34-36(28)3/h6-18,26H,4-5,19-20H2,1-3H3,(H,35,38). The number of unbranched alkanes of at least 4 members (excludes halogenated alkanes) is 1. The van der Waals surface area contributed by atoms with Crippen molar-refractivity contribution in [2.45, 2.75) is 32.6 Å². The number of aromatic nitrogens is 3. The number of aliphatic imine (C=N–C) groups is 1. The maximum absolute atomic E-state index is 13.2. The predicted octanol–water partition coefficient (Wildman–Crippen LogP) is 5.78. The second-order valence-electron chi connectivity index (χ2n) is 9.86. The van der Waals surface area contributed by atoms with Crippen LogP contribution in [0.25, 0.3) is 11.3 Å². The van der Waals surface area contributed by atoms with Gasteiger partial charge in [-0.25, -0.2) is 9.98 Å². The summed E-state index contributed by atoms with van der Waals surface area (Å²) in [5.41, 5.74) is 5.88. The van der Waals surface area contributed by atoms with E-state index in [2.05, 4.69) is 51.6 Å². The molecule has 4 aromatic rings. The second kappa shape index (κ2) is 11.4. The van der Waals surface area contributed by atoms with Crippen LogP contribution in [0.3, 0.4) is 0 Å². The summed E-state index contributed by atoms with van der Waals surface area (Å²) >= 11 is 0. The summed E-state index contributed by atoms with van der Waals surface area (Å²) in [4.78, 5) is 36.4. The molecule has 1 N–H and O–H groups in total. The molecule has 1 aliphatic rings. The maximum Gasteiger partial charge on any atom is 0.257 e. The highest BCUT2D eigenvalue weighted by Crippen LogP contribution is 2.31. The number of rotatable bonds is 8. The average Bonchev–Trinajstić information content (AvgIpc) is 3.35. The van der Waals surface area contributed by atoms with Crippen LogP contribution in [0.2, 0.25) is 0 Å². The van der Waals surface area contributed by atoms with E-state index in [1.165, 1.54) is 11.8 Å². The van der Waals surface area contributed by atoms with E-state index < -0.39 is 0 Å². The van der Waals surface area contributed by atoms with Crippen molar-refractivity contribution in [3.05, 3.63) is 95.3 Å². The number of carbonyl (C=O) groups is 2. The summed E-state index contributed by atoms with van der Waals surface area (Å²) in [5, 5.41) is 7.16. The third-order valence-electron chi connectivity index (χ3n) is 7.05. The molecule has 8 nitrogen and oxygen atoms in total. The molecule has 0 aliphatic carbocycles. The van der Waals surface area contributed by atoms with Crippen LogP contribution in [0.15, 0.2) is 78.0 Å². The molecule has 1 fully saturated rings. The van der Waals surface area contributed by atoms with E-state index in [0.717, 1.165) is 29.7 Å². The SMILES string of the molecule is CCCC=Nc1ccc(C(=O)Nc2cc(C(=O)N3CC(c4ccc(-c5ccnn5C)cc4)C3)ccc2C)cn1. The zero-order valence-electron chi connectivity index (χ0n) is 22.5.